The van der Waals surface area contributed by atoms with Crippen LogP contribution in [0.1, 0.15) is 44.6 Å². The van der Waals surface area contributed by atoms with Crippen LogP contribution in [0, 0.1) is 11.3 Å². The maximum atomic E-state index is 11.0. The van der Waals surface area contributed by atoms with E-state index < -0.39 is 5.60 Å². The first-order chi connectivity index (χ1) is 8.58. The van der Waals surface area contributed by atoms with Crippen molar-refractivity contribution in [2.45, 2.75) is 44.6 Å². The van der Waals surface area contributed by atoms with Crippen LogP contribution < -0.4 is 4.74 Å². The van der Waals surface area contributed by atoms with Crippen LogP contribution in [0.5, 0.6) is 5.75 Å². The van der Waals surface area contributed by atoms with Gasteiger partial charge in [-0.25, -0.2) is 0 Å². The lowest BCUT2D eigenvalue weighted by Gasteiger charge is -2.61. The third-order valence-electron chi connectivity index (χ3n) is 5.15. The quantitative estimate of drug-likeness (QED) is 0.865. The molecule has 3 unspecified atom stereocenters. The summed E-state index contributed by atoms with van der Waals surface area (Å²) in [5.41, 5.74) is 0.769. The van der Waals surface area contributed by atoms with Gasteiger partial charge in [0.15, 0.2) is 0 Å². The molecular formula is C16H22O2. The van der Waals surface area contributed by atoms with Crippen LogP contribution in [-0.2, 0) is 5.60 Å². The molecule has 1 N–H and O–H groups in total. The molecule has 3 atom stereocenters. The van der Waals surface area contributed by atoms with Gasteiger partial charge in [-0.3, -0.25) is 0 Å². The SMILES string of the molecule is COc1cccc(C2(O)CC3(C)CCCCC32)c1. The average Bonchev–Trinajstić information content (AvgIpc) is 2.37. The number of hydrogen-bond donors (Lipinski definition) is 1. The van der Waals surface area contributed by atoms with Crippen molar-refractivity contribution in [3.63, 3.8) is 0 Å². The van der Waals surface area contributed by atoms with Crippen molar-refractivity contribution in [3.8, 4) is 5.75 Å². The van der Waals surface area contributed by atoms with Crippen molar-refractivity contribution < 1.29 is 9.84 Å². The van der Waals surface area contributed by atoms with Gasteiger partial charge in [-0.05, 0) is 48.3 Å². The monoisotopic (exact) mass is 246 g/mol. The Morgan fingerprint density at radius 2 is 2.17 bits per heavy atom. The minimum atomic E-state index is -0.621. The molecule has 2 saturated carbocycles. The maximum absolute atomic E-state index is 11.0. The van der Waals surface area contributed by atoms with Crippen molar-refractivity contribution in [2.24, 2.45) is 11.3 Å². The van der Waals surface area contributed by atoms with Gasteiger partial charge in [0.1, 0.15) is 5.75 Å². The summed E-state index contributed by atoms with van der Waals surface area (Å²) >= 11 is 0. The van der Waals surface area contributed by atoms with Crippen molar-refractivity contribution in [2.75, 3.05) is 7.11 Å². The third-order valence-corrected chi connectivity index (χ3v) is 5.15. The van der Waals surface area contributed by atoms with E-state index in [9.17, 15) is 5.11 Å². The van der Waals surface area contributed by atoms with E-state index >= 15 is 0 Å². The Labute approximate surface area is 109 Å². The molecule has 2 aliphatic rings. The van der Waals surface area contributed by atoms with E-state index in [-0.39, 0.29) is 0 Å². The molecule has 0 aromatic heterocycles. The van der Waals surface area contributed by atoms with Crippen LogP contribution in [0.4, 0.5) is 0 Å². The normalized spacial score (nSPS) is 38.7. The zero-order valence-electron chi connectivity index (χ0n) is 11.3. The highest BCUT2D eigenvalue weighted by molar-refractivity contribution is 5.36. The smallest absolute Gasteiger partial charge is 0.119 e. The first-order valence-corrected chi connectivity index (χ1v) is 6.95. The number of benzene rings is 1. The van der Waals surface area contributed by atoms with Crippen LogP contribution in [0.2, 0.25) is 0 Å². The largest absolute Gasteiger partial charge is 0.497 e. The molecule has 2 fully saturated rings. The van der Waals surface area contributed by atoms with Crippen molar-refractivity contribution in [1.29, 1.82) is 0 Å². The number of fused-ring (bicyclic) bond motifs is 1. The molecular weight excluding hydrogens is 224 g/mol. The molecule has 1 aromatic carbocycles. The second-order valence-corrected chi connectivity index (χ2v) is 6.29. The van der Waals surface area contributed by atoms with E-state index in [0.29, 0.717) is 11.3 Å². The standard InChI is InChI=1S/C16H22O2/c1-15-9-4-3-8-14(15)16(17,11-15)12-6-5-7-13(10-12)18-2/h5-7,10,14,17H,3-4,8-9,11H2,1-2H3. The van der Waals surface area contributed by atoms with E-state index in [0.717, 1.165) is 24.2 Å². The van der Waals surface area contributed by atoms with Gasteiger partial charge in [0.2, 0.25) is 0 Å². The molecule has 0 heterocycles. The highest BCUT2D eigenvalue weighted by Gasteiger charge is 2.60. The van der Waals surface area contributed by atoms with E-state index in [4.69, 9.17) is 4.74 Å². The number of aliphatic hydroxyl groups is 1. The highest BCUT2D eigenvalue weighted by Crippen LogP contribution is 2.64. The molecule has 0 spiro atoms. The third kappa shape index (κ3) is 1.58. The first-order valence-electron chi connectivity index (χ1n) is 6.95. The lowest BCUT2D eigenvalue weighted by molar-refractivity contribution is -0.212. The maximum Gasteiger partial charge on any atom is 0.119 e. The Morgan fingerprint density at radius 1 is 1.33 bits per heavy atom. The number of methoxy groups -OCH3 is 1. The van der Waals surface area contributed by atoms with E-state index in [1.54, 1.807) is 7.11 Å². The molecule has 0 amide bonds. The van der Waals surface area contributed by atoms with Gasteiger partial charge in [-0.2, -0.15) is 0 Å². The fraction of sp³-hybridized carbons (Fsp3) is 0.625. The molecule has 2 aliphatic carbocycles. The molecule has 2 nitrogen and oxygen atoms in total. The number of ether oxygens (including phenoxy) is 1. The number of hydrogen-bond acceptors (Lipinski definition) is 2. The van der Waals surface area contributed by atoms with E-state index in [1.807, 2.05) is 24.3 Å². The predicted molar refractivity (Wildman–Crippen MR) is 71.6 cm³/mol. The number of rotatable bonds is 2. The fourth-order valence-corrected chi connectivity index (χ4v) is 4.23. The molecule has 2 heteroatoms. The molecule has 3 rings (SSSR count). The molecule has 0 saturated heterocycles. The van der Waals surface area contributed by atoms with Crippen molar-refractivity contribution in [3.05, 3.63) is 29.8 Å². The Morgan fingerprint density at radius 3 is 2.89 bits per heavy atom. The Bertz CT molecular complexity index is 456. The minimum Gasteiger partial charge on any atom is -0.497 e. The van der Waals surface area contributed by atoms with Crippen molar-refractivity contribution >= 4 is 0 Å². The zero-order valence-corrected chi connectivity index (χ0v) is 11.3. The van der Waals surface area contributed by atoms with Gasteiger partial charge in [0.05, 0.1) is 12.7 Å². The summed E-state index contributed by atoms with van der Waals surface area (Å²) in [5, 5.41) is 11.0. The second kappa shape index (κ2) is 3.99. The summed E-state index contributed by atoms with van der Waals surface area (Å²) < 4.78 is 5.27. The predicted octanol–water partition coefficient (Wildman–Crippen LogP) is 3.48. The highest BCUT2D eigenvalue weighted by atomic mass is 16.5. The topological polar surface area (TPSA) is 29.5 Å². The zero-order chi connectivity index (χ0) is 12.8. The first kappa shape index (κ1) is 12.0. The van der Waals surface area contributed by atoms with E-state index in [2.05, 4.69) is 6.92 Å². The van der Waals surface area contributed by atoms with Gasteiger partial charge in [-0.15, -0.1) is 0 Å². The molecule has 1 aromatic rings. The molecule has 98 valence electrons. The Kier molecular flexibility index (Phi) is 2.67. The summed E-state index contributed by atoms with van der Waals surface area (Å²) in [6.07, 6.45) is 5.90. The van der Waals surface area contributed by atoms with Crippen molar-refractivity contribution in [1.82, 2.24) is 0 Å². The van der Waals surface area contributed by atoms with Crippen LogP contribution in [0.15, 0.2) is 24.3 Å². The second-order valence-electron chi connectivity index (χ2n) is 6.29. The minimum absolute atomic E-state index is 0.357. The van der Waals surface area contributed by atoms with Gasteiger partial charge >= 0.3 is 0 Å². The van der Waals surface area contributed by atoms with Crippen LogP contribution in [0.25, 0.3) is 0 Å². The van der Waals surface area contributed by atoms with Gasteiger partial charge < -0.3 is 9.84 Å². The van der Waals surface area contributed by atoms with Crippen LogP contribution in [0.3, 0.4) is 0 Å². The van der Waals surface area contributed by atoms with Gasteiger partial charge in [-0.1, -0.05) is 31.9 Å². The van der Waals surface area contributed by atoms with Gasteiger partial charge in [0, 0.05) is 0 Å². The molecule has 0 aliphatic heterocycles. The summed E-state index contributed by atoms with van der Waals surface area (Å²) in [6, 6.07) is 7.95. The Hall–Kier alpha value is -1.02. The summed E-state index contributed by atoms with van der Waals surface area (Å²) in [7, 11) is 1.68. The van der Waals surface area contributed by atoms with Crippen LogP contribution >= 0.6 is 0 Å². The van der Waals surface area contributed by atoms with E-state index in [1.165, 1.54) is 19.3 Å². The lowest BCUT2D eigenvalue weighted by atomic mass is 9.45. The average molecular weight is 246 g/mol. The van der Waals surface area contributed by atoms with Crippen LogP contribution in [-0.4, -0.2) is 12.2 Å². The molecule has 0 radical (unpaired) electrons. The summed E-state index contributed by atoms with van der Waals surface area (Å²) in [6.45, 7) is 2.34. The summed E-state index contributed by atoms with van der Waals surface area (Å²) in [5.74, 6) is 1.26. The Balaban J connectivity index is 1.91. The summed E-state index contributed by atoms with van der Waals surface area (Å²) in [4.78, 5) is 0. The fourth-order valence-electron chi connectivity index (χ4n) is 4.23. The lowest BCUT2D eigenvalue weighted by Crippen LogP contribution is -2.59. The molecule has 18 heavy (non-hydrogen) atoms. The van der Waals surface area contributed by atoms with Gasteiger partial charge in [0.25, 0.3) is 0 Å². The molecule has 0 bridgehead atoms.